The molecule has 1 unspecified atom stereocenters. The van der Waals surface area contributed by atoms with E-state index in [1.807, 2.05) is 25.1 Å². The summed E-state index contributed by atoms with van der Waals surface area (Å²) in [4.78, 5) is 10.6. The summed E-state index contributed by atoms with van der Waals surface area (Å²) in [6, 6.07) is 5.90. The van der Waals surface area contributed by atoms with Crippen molar-refractivity contribution in [2.45, 2.75) is 38.2 Å². The second-order valence-corrected chi connectivity index (χ2v) is 5.14. The second kappa shape index (κ2) is 7.29. The Morgan fingerprint density at radius 3 is 2.75 bits per heavy atom. The quantitative estimate of drug-likeness (QED) is 0.750. The normalized spacial score (nSPS) is 17.5. The summed E-state index contributed by atoms with van der Waals surface area (Å²) >= 11 is 0. The lowest BCUT2D eigenvalue weighted by molar-refractivity contribution is -0.108. The topological polar surface area (TPSA) is 44.8 Å². The van der Waals surface area contributed by atoms with E-state index in [1.165, 1.54) is 0 Å². The molecule has 20 heavy (non-hydrogen) atoms. The standard InChI is InChI=1S/C16H22O4/c1-12(5-8-17)13-3-4-15(16(11-13)18-2)20-14-6-9-19-10-7-14/h3-4,8,11-12,14H,5-7,9-10H2,1-2H3. The van der Waals surface area contributed by atoms with Crippen molar-refractivity contribution in [1.29, 1.82) is 0 Å². The van der Waals surface area contributed by atoms with Gasteiger partial charge in [0, 0.05) is 19.3 Å². The van der Waals surface area contributed by atoms with Crippen molar-refractivity contribution in [3.05, 3.63) is 23.8 Å². The van der Waals surface area contributed by atoms with Gasteiger partial charge in [0.15, 0.2) is 11.5 Å². The molecule has 0 N–H and O–H groups in total. The number of aldehydes is 1. The molecule has 0 aromatic heterocycles. The lowest BCUT2D eigenvalue weighted by atomic mass is 9.98. The van der Waals surface area contributed by atoms with Gasteiger partial charge < -0.3 is 19.0 Å². The first-order chi connectivity index (χ1) is 9.74. The maximum absolute atomic E-state index is 10.6. The number of carbonyl (C=O) groups is 1. The first-order valence-electron chi connectivity index (χ1n) is 7.10. The molecule has 1 saturated heterocycles. The zero-order chi connectivity index (χ0) is 14.4. The summed E-state index contributed by atoms with van der Waals surface area (Å²) in [5, 5.41) is 0. The Morgan fingerprint density at radius 1 is 1.35 bits per heavy atom. The molecule has 110 valence electrons. The van der Waals surface area contributed by atoms with E-state index in [-0.39, 0.29) is 12.0 Å². The summed E-state index contributed by atoms with van der Waals surface area (Å²) < 4.78 is 16.7. The fourth-order valence-electron chi connectivity index (χ4n) is 2.34. The molecule has 2 rings (SSSR count). The van der Waals surface area contributed by atoms with Crippen LogP contribution in [0.2, 0.25) is 0 Å². The van der Waals surface area contributed by atoms with Gasteiger partial charge in [-0.3, -0.25) is 0 Å². The highest BCUT2D eigenvalue weighted by Gasteiger charge is 2.18. The number of hydrogen-bond acceptors (Lipinski definition) is 4. The maximum atomic E-state index is 10.6. The van der Waals surface area contributed by atoms with E-state index in [4.69, 9.17) is 14.2 Å². The van der Waals surface area contributed by atoms with Crippen LogP contribution in [0.5, 0.6) is 11.5 Å². The van der Waals surface area contributed by atoms with Gasteiger partial charge in [-0.15, -0.1) is 0 Å². The van der Waals surface area contributed by atoms with Crippen LogP contribution in [0.3, 0.4) is 0 Å². The summed E-state index contributed by atoms with van der Waals surface area (Å²) in [6.45, 7) is 3.53. The molecule has 1 aromatic rings. The molecule has 0 amide bonds. The van der Waals surface area contributed by atoms with Crippen LogP contribution < -0.4 is 9.47 Å². The molecule has 1 heterocycles. The van der Waals surface area contributed by atoms with E-state index < -0.39 is 0 Å². The molecular formula is C16H22O4. The van der Waals surface area contributed by atoms with Gasteiger partial charge in [-0.05, 0) is 23.6 Å². The van der Waals surface area contributed by atoms with Crippen LogP contribution in [0.15, 0.2) is 18.2 Å². The lowest BCUT2D eigenvalue weighted by Crippen LogP contribution is -2.26. The van der Waals surface area contributed by atoms with Crippen LogP contribution in [0.1, 0.15) is 37.7 Å². The van der Waals surface area contributed by atoms with Crippen molar-refractivity contribution in [3.63, 3.8) is 0 Å². The van der Waals surface area contributed by atoms with Crippen LogP contribution >= 0.6 is 0 Å². The molecule has 1 aliphatic heterocycles. The number of benzene rings is 1. The van der Waals surface area contributed by atoms with Gasteiger partial charge in [-0.2, -0.15) is 0 Å². The molecule has 0 aliphatic carbocycles. The first-order valence-corrected chi connectivity index (χ1v) is 7.10. The Labute approximate surface area is 120 Å². The molecule has 1 atom stereocenters. The number of hydrogen-bond donors (Lipinski definition) is 0. The van der Waals surface area contributed by atoms with Crippen molar-refractivity contribution >= 4 is 6.29 Å². The highest BCUT2D eigenvalue weighted by atomic mass is 16.5. The fourth-order valence-corrected chi connectivity index (χ4v) is 2.34. The van der Waals surface area contributed by atoms with Gasteiger partial charge in [0.1, 0.15) is 12.4 Å². The molecule has 1 aliphatic rings. The molecule has 0 spiro atoms. The summed E-state index contributed by atoms with van der Waals surface area (Å²) in [5.74, 6) is 1.69. The predicted molar refractivity (Wildman–Crippen MR) is 76.6 cm³/mol. The van der Waals surface area contributed by atoms with Gasteiger partial charge in [0.25, 0.3) is 0 Å². The van der Waals surface area contributed by atoms with E-state index in [9.17, 15) is 4.79 Å². The van der Waals surface area contributed by atoms with Gasteiger partial charge >= 0.3 is 0 Å². The van der Waals surface area contributed by atoms with E-state index in [2.05, 4.69) is 0 Å². The van der Waals surface area contributed by atoms with Crippen molar-refractivity contribution in [2.24, 2.45) is 0 Å². The zero-order valence-corrected chi connectivity index (χ0v) is 12.1. The molecule has 4 nitrogen and oxygen atoms in total. The average Bonchev–Trinajstić information content (AvgIpc) is 2.49. The summed E-state index contributed by atoms with van der Waals surface area (Å²) in [5.41, 5.74) is 1.09. The van der Waals surface area contributed by atoms with Crippen molar-refractivity contribution in [3.8, 4) is 11.5 Å². The molecule has 0 bridgehead atoms. The molecule has 0 saturated carbocycles. The van der Waals surface area contributed by atoms with Crippen LogP contribution in [0.25, 0.3) is 0 Å². The molecule has 1 aromatic carbocycles. The SMILES string of the molecule is COc1cc(C(C)CC=O)ccc1OC1CCOCC1. The van der Waals surface area contributed by atoms with E-state index in [0.717, 1.165) is 49.4 Å². The third kappa shape index (κ3) is 3.73. The van der Waals surface area contributed by atoms with Crippen LogP contribution in [-0.4, -0.2) is 32.7 Å². The Morgan fingerprint density at radius 2 is 2.10 bits per heavy atom. The second-order valence-electron chi connectivity index (χ2n) is 5.14. The molecule has 0 radical (unpaired) electrons. The number of rotatable bonds is 6. The monoisotopic (exact) mass is 278 g/mol. The van der Waals surface area contributed by atoms with Crippen molar-refractivity contribution in [2.75, 3.05) is 20.3 Å². The van der Waals surface area contributed by atoms with E-state index in [1.54, 1.807) is 7.11 Å². The molecular weight excluding hydrogens is 256 g/mol. The van der Waals surface area contributed by atoms with Crippen LogP contribution in [0, 0.1) is 0 Å². The summed E-state index contributed by atoms with van der Waals surface area (Å²) in [7, 11) is 1.64. The lowest BCUT2D eigenvalue weighted by Gasteiger charge is -2.24. The third-order valence-electron chi connectivity index (χ3n) is 3.67. The maximum Gasteiger partial charge on any atom is 0.161 e. The Hall–Kier alpha value is -1.55. The largest absolute Gasteiger partial charge is 0.493 e. The van der Waals surface area contributed by atoms with E-state index in [0.29, 0.717) is 6.42 Å². The molecule has 1 fully saturated rings. The number of carbonyl (C=O) groups excluding carboxylic acids is 1. The minimum atomic E-state index is 0.191. The Balaban J connectivity index is 2.10. The van der Waals surface area contributed by atoms with E-state index >= 15 is 0 Å². The highest BCUT2D eigenvalue weighted by molar-refractivity contribution is 5.52. The van der Waals surface area contributed by atoms with Crippen LogP contribution in [0.4, 0.5) is 0 Å². The third-order valence-corrected chi connectivity index (χ3v) is 3.67. The van der Waals surface area contributed by atoms with Gasteiger partial charge in [-0.1, -0.05) is 13.0 Å². The highest BCUT2D eigenvalue weighted by Crippen LogP contribution is 2.33. The fraction of sp³-hybridized carbons (Fsp3) is 0.562. The first kappa shape index (κ1) is 14.9. The minimum Gasteiger partial charge on any atom is -0.493 e. The van der Waals surface area contributed by atoms with Gasteiger partial charge in [-0.25, -0.2) is 0 Å². The van der Waals surface area contributed by atoms with Gasteiger partial charge in [0.05, 0.1) is 20.3 Å². The van der Waals surface area contributed by atoms with Gasteiger partial charge in [0.2, 0.25) is 0 Å². The smallest absolute Gasteiger partial charge is 0.161 e. The molecule has 4 heteroatoms. The zero-order valence-electron chi connectivity index (χ0n) is 12.1. The minimum absolute atomic E-state index is 0.191. The van der Waals surface area contributed by atoms with Crippen molar-refractivity contribution < 1.29 is 19.0 Å². The van der Waals surface area contributed by atoms with Crippen molar-refractivity contribution in [1.82, 2.24) is 0 Å². The Bertz CT molecular complexity index is 438. The predicted octanol–water partition coefficient (Wildman–Crippen LogP) is 2.95. The Kier molecular flexibility index (Phi) is 5.41. The average molecular weight is 278 g/mol. The van der Waals surface area contributed by atoms with Crippen LogP contribution in [-0.2, 0) is 9.53 Å². The number of methoxy groups -OCH3 is 1. The summed E-state index contributed by atoms with van der Waals surface area (Å²) in [6.07, 6.45) is 3.47. The number of ether oxygens (including phenoxy) is 3.